The van der Waals surface area contributed by atoms with Crippen molar-refractivity contribution in [2.75, 3.05) is 4.90 Å². The largest absolute Gasteiger partial charge is 0.455 e. The van der Waals surface area contributed by atoms with E-state index in [-0.39, 0.29) is 0 Å². The zero-order chi connectivity index (χ0) is 34.4. The second-order valence-corrected chi connectivity index (χ2v) is 13.3. The van der Waals surface area contributed by atoms with E-state index >= 15 is 0 Å². The van der Waals surface area contributed by atoms with Crippen molar-refractivity contribution in [1.29, 1.82) is 0 Å². The van der Waals surface area contributed by atoms with E-state index in [2.05, 4.69) is 205 Å². The lowest BCUT2D eigenvalue weighted by atomic mass is 9.89. The fourth-order valence-electron chi connectivity index (χ4n) is 7.72. The smallest absolute Gasteiger partial charge is 0.143 e. The molecule has 0 atom stereocenters. The molecule has 1 aliphatic rings. The first-order chi connectivity index (χ1) is 25.8. The summed E-state index contributed by atoms with van der Waals surface area (Å²) in [5, 5.41) is 4.78. The van der Waals surface area contributed by atoms with Gasteiger partial charge in [0.1, 0.15) is 11.5 Å². The summed E-state index contributed by atoms with van der Waals surface area (Å²) in [5.41, 5.74) is 12.2. The van der Waals surface area contributed by atoms with Gasteiger partial charge >= 0.3 is 0 Å². The third kappa shape index (κ3) is 5.12. The summed E-state index contributed by atoms with van der Waals surface area (Å²) in [7, 11) is 0. The molecular formula is C50H33NO. The molecule has 0 aliphatic carbocycles. The van der Waals surface area contributed by atoms with E-state index in [1.807, 2.05) is 0 Å². The summed E-state index contributed by atoms with van der Waals surface area (Å²) in [6.07, 6.45) is 0. The van der Waals surface area contributed by atoms with Crippen molar-refractivity contribution in [2.24, 2.45) is 0 Å². The minimum atomic E-state index is 0.822. The van der Waals surface area contributed by atoms with Gasteiger partial charge in [-0.15, -0.1) is 0 Å². The van der Waals surface area contributed by atoms with E-state index in [1.54, 1.807) is 0 Å². The SMILES string of the molecule is c1ccc(-c2ccc(N(c3ccc4ccccc4c3)c3cccc4c3-c3cc5ccccc5cc3-c3cccc(-c5ccccc5)c3O4)cc2)cc1. The van der Waals surface area contributed by atoms with Gasteiger partial charge in [-0.25, -0.2) is 0 Å². The lowest BCUT2D eigenvalue weighted by Gasteiger charge is -2.29. The van der Waals surface area contributed by atoms with Crippen molar-refractivity contribution >= 4 is 38.6 Å². The standard InChI is InChI=1S/C50H33NO/c1-3-13-34(14-4-1)36-25-28-41(29-26-36)51(42-30-27-35-15-7-8-18-38(35)31-42)47-23-12-24-48-49(47)46-33-40-20-10-9-19-39(40)32-45(46)44-22-11-21-43(50(44)52-48)37-16-5-2-6-17-37/h1-33H. The maximum atomic E-state index is 7.18. The van der Waals surface area contributed by atoms with E-state index < -0.39 is 0 Å². The van der Waals surface area contributed by atoms with E-state index in [0.717, 1.165) is 61.9 Å². The van der Waals surface area contributed by atoms with Crippen LogP contribution < -0.4 is 9.64 Å². The molecule has 0 amide bonds. The molecule has 52 heavy (non-hydrogen) atoms. The van der Waals surface area contributed by atoms with E-state index in [4.69, 9.17) is 4.74 Å². The van der Waals surface area contributed by atoms with Gasteiger partial charge in [0.25, 0.3) is 0 Å². The molecule has 9 aromatic rings. The van der Waals surface area contributed by atoms with Gasteiger partial charge in [-0.05, 0) is 97.9 Å². The number of benzene rings is 9. The van der Waals surface area contributed by atoms with Crippen LogP contribution in [0.15, 0.2) is 200 Å². The Hall–Kier alpha value is -6.90. The zero-order valence-electron chi connectivity index (χ0n) is 28.4. The first-order valence-corrected chi connectivity index (χ1v) is 17.8. The van der Waals surface area contributed by atoms with Crippen LogP contribution in [0.3, 0.4) is 0 Å². The monoisotopic (exact) mass is 663 g/mol. The lowest BCUT2D eigenvalue weighted by Crippen LogP contribution is -2.11. The number of nitrogens with zero attached hydrogens (tertiary/aromatic N) is 1. The highest BCUT2D eigenvalue weighted by molar-refractivity contribution is 6.05. The zero-order valence-corrected chi connectivity index (χ0v) is 28.4. The predicted octanol–water partition coefficient (Wildman–Crippen LogP) is 14.2. The van der Waals surface area contributed by atoms with Crippen LogP contribution >= 0.6 is 0 Å². The maximum Gasteiger partial charge on any atom is 0.143 e. The number of hydrogen-bond donors (Lipinski definition) is 0. The number of fused-ring (bicyclic) bond motifs is 7. The van der Waals surface area contributed by atoms with Gasteiger partial charge in [0.05, 0.1) is 5.69 Å². The fraction of sp³-hybridized carbons (Fsp3) is 0. The number of rotatable bonds is 5. The Labute approximate surface area is 303 Å². The molecule has 0 saturated heterocycles. The highest BCUT2D eigenvalue weighted by Crippen LogP contribution is 2.55. The molecule has 0 spiro atoms. The third-order valence-electron chi connectivity index (χ3n) is 10.2. The number of hydrogen-bond acceptors (Lipinski definition) is 2. The predicted molar refractivity (Wildman–Crippen MR) is 218 cm³/mol. The fourth-order valence-corrected chi connectivity index (χ4v) is 7.72. The van der Waals surface area contributed by atoms with E-state index in [0.29, 0.717) is 0 Å². The van der Waals surface area contributed by atoms with Gasteiger partial charge in [-0.2, -0.15) is 0 Å². The van der Waals surface area contributed by atoms with Crippen LogP contribution in [0.2, 0.25) is 0 Å². The second kappa shape index (κ2) is 12.5. The van der Waals surface area contributed by atoms with Crippen LogP contribution in [0.4, 0.5) is 17.1 Å². The molecule has 2 heteroatoms. The first-order valence-electron chi connectivity index (χ1n) is 17.8. The van der Waals surface area contributed by atoms with Gasteiger partial charge in [0, 0.05) is 28.1 Å². The summed E-state index contributed by atoms with van der Waals surface area (Å²) >= 11 is 0. The average molecular weight is 664 g/mol. The Morgan fingerprint density at radius 3 is 1.62 bits per heavy atom. The van der Waals surface area contributed by atoms with Gasteiger partial charge in [-0.3, -0.25) is 0 Å². The molecular weight excluding hydrogens is 631 g/mol. The van der Waals surface area contributed by atoms with Crippen molar-refractivity contribution in [3.8, 4) is 56.0 Å². The van der Waals surface area contributed by atoms with Crippen LogP contribution in [0.5, 0.6) is 11.5 Å². The quantitative estimate of drug-likeness (QED) is 0.182. The molecule has 2 nitrogen and oxygen atoms in total. The molecule has 0 fully saturated rings. The second-order valence-electron chi connectivity index (χ2n) is 13.3. The van der Waals surface area contributed by atoms with Gasteiger partial charge in [-0.1, -0.05) is 152 Å². The minimum Gasteiger partial charge on any atom is -0.455 e. The lowest BCUT2D eigenvalue weighted by molar-refractivity contribution is 0.489. The Kier molecular flexibility index (Phi) is 7.18. The molecule has 9 aromatic carbocycles. The molecule has 1 aliphatic heterocycles. The van der Waals surface area contributed by atoms with Gasteiger partial charge in [0.15, 0.2) is 0 Å². The minimum absolute atomic E-state index is 0.822. The summed E-state index contributed by atoms with van der Waals surface area (Å²) in [6, 6.07) is 71.6. The highest BCUT2D eigenvalue weighted by atomic mass is 16.5. The molecule has 10 rings (SSSR count). The van der Waals surface area contributed by atoms with Crippen LogP contribution in [-0.2, 0) is 0 Å². The molecule has 0 aromatic heterocycles. The number of para-hydroxylation sites is 1. The molecule has 0 radical (unpaired) electrons. The third-order valence-corrected chi connectivity index (χ3v) is 10.2. The Bertz CT molecular complexity index is 2750. The summed E-state index contributed by atoms with van der Waals surface area (Å²) in [5.74, 6) is 1.69. The van der Waals surface area contributed by atoms with E-state index in [1.165, 1.54) is 32.7 Å². The first kappa shape index (κ1) is 30.0. The highest BCUT2D eigenvalue weighted by Gasteiger charge is 2.28. The average Bonchev–Trinajstić information content (AvgIpc) is 3.35. The Morgan fingerprint density at radius 2 is 0.885 bits per heavy atom. The van der Waals surface area contributed by atoms with Crippen LogP contribution in [0.1, 0.15) is 0 Å². The number of ether oxygens (including phenoxy) is 1. The van der Waals surface area contributed by atoms with Crippen molar-refractivity contribution in [2.45, 2.75) is 0 Å². The molecule has 0 bridgehead atoms. The summed E-state index contributed by atoms with van der Waals surface area (Å²) in [6.45, 7) is 0. The molecule has 0 saturated carbocycles. The Morgan fingerprint density at radius 1 is 0.327 bits per heavy atom. The molecule has 0 unspecified atom stereocenters. The molecule has 244 valence electrons. The van der Waals surface area contributed by atoms with Gasteiger partial charge < -0.3 is 9.64 Å². The maximum absolute atomic E-state index is 7.18. The van der Waals surface area contributed by atoms with Gasteiger partial charge in [0.2, 0.25) is 0 Å². The van der Waals surface area contributed by atoms with Crippen molar-refractivity contribution in [1.82, 2.24) is 0 Å². The van der Waals surface area contributed by atoms with Crippen molar-refractivity contribution in [3.63, 3.8) is 0 Å². The van der Waals surface area contributed by atoms with Crippen LogP contribution in [0, 0.1) is 0 Å². The summed E-state index contributed by atoms with van der Waals surface area (Å²) < 4.78 is 7.18. The Balaban J connectivity index is 1.25. The van der Waals surface area contributed by atoms with Crippen molar-refractivity contribution in [3.05, 3.63) is 200 Å². The topological polar surface area (TPSA) is 12.5 Å². The number of anilines is 3. The normalized spacial score (nSPS) is 11.6. The molecule has 1 heterocycles. The van der Waals surface area contributed by atoms with Crippen LogP contribution in [0.25, 0.3) is 66.1 Å². The summed E-state index contributed by atoms with van der Waals surface area (Å²) in [4.78, 5) is 2.39. The van der Waals surface area contributed by atoms with Crippen LogP contribution in [-0.4, -0.2) is 0 Å². The molecule has 0 N–H and O–H groups in total. The van der Waals surface area contributed by atoms with E-state index in [9.17, 15) is 0 Å². The van der Waals surface area contributed by atoms with Crippen molar-refractivity contribution < 1.29 is 4.74 Å².